The molecule has 0 saturated heterocycles. The fourth-order valence-corrected chi connectivity index (χ4v) is 1.35. The van der Waals surface area contributed by atoms with Gasteiger partial charge in [0.15, 0.2) is 6.10 Å². The number of ether oxygens (including phenoxy) is 1. The van der Waals surface area contributed by atoms with E-state index in [0.717, 1.165) is 12.2 Å². The van der Waals surface area contributed by atoms with E-state index >= 15 is 0 Å². The van der Waals surface area contributed by atoms with Crippen molar-refractivity contribution < 1.29 is 9.15 Å². The maximum atomic E-state index is 5.71. The average Bonchev–Trinajstić information content (AvgIpc) is 2.74. The first-order valence-electron chi connectivity index (χ1n) is 5.10. The summed E-state index contributed by atoms with van der Waals surface area (Å²) in [6, 6.07) is 9.56. The highest BCUT2D eigenvalue weighted by atomic mass is 16.5. The van der Waals surface area contributed by atoms with Gasteiger partial charge in [0, 0.05) is 0 Å². The molecule has 1 heterocycles. The monoisotopic (exact) mass is 219 g/mol. The van der Waals surface area contributed by atoms with Crippen LogP contribution in [0.15, 0.2) is 34.7 Å². The van der Waals surface area contributed by atoms with Gasteiger partial charge in [0.1, 0.15) is 5.75 Å². The minimum Gasteiger partial charge on any atom is -0.481 e. The summed E-state index contributed by atoms with van der Waals surface area (Å²) >= 11 is 0. The molecule has 5 nitrogen and oxygen atoms in total. The summed E-state index contributed by atoms with van der Waals surface area (Å²) in [5.74, 6) is 1.18. The van der Waals surface area contributed by atoms with Crippen LogP contribution in [-0.4, -0.2) is 10.2 Å². The lowest BCUT2D eigenvalue weighted by atomic mass is 10.2. The molecule has 0 aliphatic carbocycles. The second kappa shape index (κ2) is 4.65. The molecule has 0 aliphatic rings. The molecular weight excluding hydrogens is 206 g/mol. The Morgan fingerprint density at radius 1 is 1.31 bits per heavy atom. The van der Waals surface area contributed by atoms with Crippen molar-refractivity contribution >= 4 is 6.01 Å². The van der Waals surface area contributed by atoms with E-state index in [9.17, 15) is 0 Å². The van der Waals surface area contributed by atoms with Gasteiger partial charge in [-0.1, -0.05) is 30.2 Å². The standard InChI is InChI=1S/C11H13N3O2/c1-2-9(10-13-14-11(12)16-10)15-8-6-4-3-5-7-8/h3-7,9H,2H2,1H3,(H2,12,14). The number of nitrogens with two attached hydrogens (primary N) is 1. The van der Waals surface area contributed by atoms with Crippen molar-refractivity contribution in [3.8, 4) is 5.75 Å². The number of hydrogen-bond donors (Lipinski definition) is 1. The minimum atomic E-state index is -0.257. The van der Waals surface area contributed by atoms with Crippen LogP contribution in [-0.2, 0) is 0 Å². The van der Waals surface area contributed by atoms with Crippen LogP contribution in [0.2, 0.25) is 0 Å². The van der Waals surface area contributed by atoms with Crippen LogP contribution in [0.3, 0.4) is 0 Å². The van der Waals surface area contributed by atoms with Gasteiger partial charge in [-0.3, -0.25) is 0 Å². The fourth-order valence-electron chi connectivity index (χ4n) is 1.35. The Morgan fingerprint density at radius 2 is 2.06 bits per heavy atom. The molecule has 0 amide bonds. The SMILES string of the molecule is CCC(Oc1ccccc1)c1nnc(N)o1. The predicted molar refractivity (Wildman–Crippen MR) is 58.8 cm³/mol. The molecule has 0 spiro atoms. The minimum absolute atomic E-state index is 0.0603. The highest BCUT2D eigenvalue weighted by Crippen LogP contribution is 2.23. The van der Waals surface area contributed by atoms with Crippen LogP contribution < -0.4 is 10.5 Å². The van der Waals surface area contributed by atoms with Gasteiger partial charge in [0.2, 0.25) is 0 Å². The number of nitrogen functional groups attached to an aromatic ring is 1. The van der Waals surface area contributed by atoms with Gasteiger partial charge in [-0.25, -0.2) is 0 Å². The summed E-state index contributed by atoms with van der Waals surface area (Å²) in [7, 11) is 0. The third-order valence-corrected chi connectivity index (χ3v) is 2.12. The Hall–Kier alpha value is -2.04. The number of rotatable bonds is 4. The highest BCUT2D eigenvalue weighted by Gasteiger charge is 2.17. The zero-order valence-corrected chi connectivity index (χ0v) is 8.96. The third-order valence-electron chi connectivity index (χ3n) is 2.12. The highest BCUT2D eigenvalue weighted by molar-refractivity contribution is 5.21. The Balaban J connectivity index is 2.12. The summed E-state index contributed by atoms with van der Waals surface area (Å²) in [5, 5.41) is 7.42. The lowest BCUT2D eigenvalue weighted by molar-refractivity contribution is 0.166. The Morgan fingerprint density at radius 3 is 2.62 bits per heavy atom. The molecule has 2 aromatic rings. The maximum Gasteiger partial charge on any atom is 0.312 e. The number of aromatic nitrogens is 2. The predicted octanol–water partition coefficient (Wildman–Crippen LogP) is 2.18. The summed E-state index contributed by atoms with van der Waals surface area (Å²) in [5.41, 5.74) is 5.37. The van der Waals surface area contributed by atoms with E-state index in [1.807, 2.05) is 37.3 Å². The maximum absolute atomic E-state index is 5.71. The number of para-hydroxylation sites is 1. The molecule has 0 radical (unpaired) electrons. The molecule has 5 heteroatoms. The van der Waals surface area contributed by atoms with Gasteiger partial charge in [-0.2, -0.15) is 0 Å². The van der Waals surface area contributed by atoms with Crippen molar-refractivity contribution in [1.29, 1.82) is 0 Å². The summed E-state index contributed by atoms with van der Waals surface area (Å²) in [4.78, 5) is 0. The van der Waals surface area contributed by atoms with Gasteiger partial charge in [-0.05, 0) is 18.6 Å². The second-order valence-electron chi connectivity index (χ2n) is 3.31. The second-order valence-corrected chi connectivity index (χ2v) is 3.31. The van der Waals surface area contributed by atoms with Crippen LogP contribution in [0.1, 0.15) is 25.3 Å². The van der Waals surface area contributed by atoms with Crippen LogP contribution in [0.4, 0.5) is 6.01 Å². The summed E-state index contributed by atoms with van der Waals surface area (Å²) < 4.78 is 10.9. The average molecular weight is 219 g/mol. The van der Waals surface area contributed by atoms with E-state index in [4.69, 9.17) is 14.9 Å². The molecule has 0 saturated carbocycles. The van der Waals surface area contributed by atoms with Crippen molar-refractivity contribution in [2.24, 2.45) is 0 Å². The van der Waals surface area contributed by atoms with Crippen molar-refractivity contribution in [2.75, 3.05) is 5.73 Å². The van der Waals surface area contributed by atoms with Gasteiger partial charge < -0.3 is 14.9 Å². The van der Waals surface area contributed by atoms with E-state index in [0.29, 0.717) is 5.89 Å². The van der Waals surface area contributed by atoms with Crippen LogP contribution in [0.5, 0.6) is 5.75 Å². The lowest BCUT2D eigenvalue weighted by Crippen LogP contribution is -2.06. The molecule has 1 aromatic heterocycles. The molecule has 0 aliphatic heterocycles. The van der Waals surface area contributed by atoms with Gasteiger partial charge in [-0.15, -0.1) is 5.10 Å². The van der Waals surface area contributed by atoms with E-state index in [2.05, 4.69) is 10.2 Å². The third kappa shape index (κ3) is 2.31. The Kier molecular flexibility index (Phi) is 3.05. The number of benzene rings is 1. The molecule has 84 valence electrons. The van der Waals surface area contributed by atoms with E-state index in [1.165, 1.54) is 0 Å². The van der Waals surface area contributed by atoms with E-state index in [-0.39, 0.29) is 12.1 Å². The molecule has 16 heavy (non-hydrogen) atoms. The summed E-state index contributed by atoms with van der Waals surface area (Å²) in [6.07, 6.45) is 0.475. The largest absolute Gasteiger partial charge is 0.481 e. The lowest BCUT2D eigenvalue weighted by Gasteiger charge is -2.13. The number of hydrogen-bond acceptors (Lipinski definition) is 5. The molecule has 1 aromatic carbocycles. The fraction of sp³-hybridized carbons (Fsp3) is 0.273. The molecule has 2 rings (SSSR count). The quantitative estimate of drug-likeness (QED) is 0.853. The van der Waals surface area contributed by atoms with E-state index < -0.39 is 0 Å². The van der Waals surface area contributed by atoms with Gasteiger partial charge in [0.25, 0.3) is 5.89 Å². The zero-order chi connectivity index (χ0) is 11.4. The molecule has 0 fully saturated rings. The van der Waals surface area contributed by atoms with Crippen LogP contribution in [0.25, 0.3) is 0 Å². The van der Waals surface area contributed by atoms with Crippen molar-refractivity contribution in [3.05, 3.63) is 36.2 Å². The van der Waals surface area contributed by atoms with Crippen molar-refractivity contribution in [1.82, 2.24) is 10.2 Å². The smallest absolute Gasteiger partial charge is 0.312 e. The first-order valence-corrected chi connectivity index (χ1v) is 5.10. The molecule has 1 unspecified atom stereocenters. The first kappa shape index (κ1) is 10.5. The normalized spacial score (nSPS) is 12.3. The summed E-state index contributed by atoms with van der Waals surface area (Å²) in [6.45, 7) is 1.98. The molecule has 0 bridgehead atoms. The molecular formula is C11H13N3O2. The van der Waals surface area contributed by atoms with Gasteiger partial charge >= 0.3 is 6.01 Å². The Bertz CT molecular complexity index is 442. The zero-order valence-electron chi connectivity index (χ0n) is 8.96. The van der Waals surface area contributed by atoms with Crippen molar-refractivity contribution in [3.63, 3.8) is 0 Å². The Labute approximate surface area is 93.2 Å². The van der Waals surface area contributed by atoms with E-state index in [1.54, 1.807) is 0 Å². The first-order chi connectivity index (χ1) is 7.79. The number of anilines is 1. The van der Waals surface area contributed by atoms with Crippen molar-refractivity contribution in [2.45, 2.75) is 19.4 Å². The van der Waals surface area contributed by atoms with Crippen LogP contribution in [0, 0.1) is 0 Å². The molecule has 2 N–H and O–H groups in total. The van der Waals surface area contributed by atoms with Gasteiger partial charge in [0.05, 0.1) is 0 Å². The number of nitrogens with zero attached hydrogens (tertiary/aromatic N) is 2. The molecule has 1 atom stereocenters. The topological polar surface area (TPSA) is 74.2 Å². The van der Waals surface area contributed by atoms with Crippen LogP contribution >= 0.6 is 0 Å².